The average molecular weight is 256 g/mol. The van der Waals surface area contributed by atoms with E-state index in [0.717, 1.165) is 39.1 Å². The Morgan fingerprint density at radius 3 is 2.44 bits per heavy atom. The molecule has 0 bridgehead atoms. The average Bonchev–Trinajstić information content (AvgIpc) is 2.23. The minimum absolute atomic E-state index is 0.319. The summed E-state index contributed by atoms with van der Waals surface area (Å²) in [6, 6.07) is 0.319. The smallest absolute Gasteiger partial charge is 0.0471 e. The summed E-state index contributed by atoms with van der Waals surface area (Å²) in [6.45, 7) is 13.1. The van der Waals surface area contributed by atoms with Gasteiger partial charge >= 0.3 is 0 Å². The SMILES string of the molecule is CC(C)(C)CC(N)CCNCC1(C)CCOCC1. The summed E-state index contributed by atoms with van der Waals surface area (Å²) in [5, 5.41) is 3.58. The molecule has 0 aromatic rings. The van der Waals surface area contributed by atoms with Gasteiger partial charge in [0.25, 0.3) is 0 Å². The lowest BCUT2D eigenvalue weighted by molar-refractivity contribution is 0.0241. The maximum atomic E-state index is 6.15. The largest absolute Gasteiger partial charge is 0.381 e. The van der Waals surface area contributed by atoms with Crippen molar-refractivity contribution in [3.63, 3.8) is 0 Å². The van der Waals surface area contributed by atoms with Crippen molar-refractivity contribution in [3.05, 3.63) is 0 Å². The number of hydrogen-bond acceptors (Lipinski definition) is 3. The fraction of sp³-hybridized carbons (Fsp3) is 1.00. The number of nitrogens with one attached hydrogen (secondary N) is 1. The summed E-state index contributed by atoms with van der Waals surface area (Å²) < 4.78 is 5.42. The van der Waals surface area contributed by atoms with Crippen molar-refractivity contribution in [1.29, 1.82) is 0 Å². The monoisotopic (exact) mass is 256 g/mol. The number of rotatable bonds is 6. The highest BCUT2D eigenvalue weighted by atomic mass is 16.5. The van der Waals surface area contributed by atoms with Crippen molar-refractivity contribution in [1.82, 2.24) is 5.32 Å². The molecule has 0 spiro atoms. The molecule has 1 aliphatic heterocycles. The van der Waals surface area contributed by atoms with E-state index in [-0.39, 0.29) is 0 Å². The van der Waals surface area contributed by atoms with Crippen LogP contribution in [0.15, 0.2) is 0 Å². The van der Waals surface area contributed by atoms with Gasteiger partial charge in [-0.3, -0.25) is 0 Å². The lowest BCUT2D eigenvalue weighted by Crippen LogP contribution is -2.38. The molecule has 0 saturated carbocycles. The van der Waals surface area contributed by atoms with Crippen LogP contribution in [0.2, 0.25) is 0 Å². The van der Waals surface area contributed by atoms with Crippen LogP contribution in [0, 0.1) is 10.8 Å². The summed E-state index contributed by atoms with van der Waals surface area (Å²) in [5.74, 6) is 0. The minimum atomic E-state index is 0.319. The fourth-order valence-electron chi connectivity index (χ4n) is 2.61. The Morgan fingerprint density at radius 1 is 1.28 bits per heavy atom. The molecule has 108 valence electrons. The van der Waals surface area contributed by atoms with E-state index in [1.165, 1.54) is 12.8 Å². The predicted molar refractivity (Wildman–Crippen MR) is 77.7 cm³/mol. The molecule has 1 rings (SSSR count). The van der Waals surface area contributed by atoms with Gasteiger partial charge in [0.15, 0.2) is 0 Å². The van der Waals surface area contributed by atoms with Gasteiger partial charge in [0.2, 0.25) is 0 Å². The summed E-state index contributed by atoms with van der Waals surface area (Å²) in [7, 11) is 0. The number of ether oxygens (including phenoxy) is 1. The van der Waals surface area contributed by atoms with Crippen molar-refractivity contribution < 1.29 is 4.74 Å². The van der Waals surface area contributed by atoms with Crippen molar-refractivity contribution in [3.8, 4) is 0 Å². The molecule has 3 heteroatoms. The van der Waals surface area contributed by atoms with Crippen LogP contribution >= 0.6 is 0 Å². The Kier molecular flexibility index (Phi) is 6.09. The first-order valence-electron chi connectivity index (χ1n) is 7.35. The lowest BCUT2D eigenvalue weighted by Gasteiger charge is -2.34. The zero-order valence-corrected chi connectivity index (χ0v) is 12.7. The maximum Gasteiger partial charge on any atom is 0.0471 e. The zero-order chi connectivity index (χ0) is 13.6. The van der Waals surface area contributed by atoms with Gasteiger partial charge in [0.05, 0.1) is 0 Å². The molecule has 1 unspecified atom stereocenters. The zero-order valence-electron chi connectivity index (χ0n) is 12.7. The van der Waals surface area contributed by atoms with E-state index in [1.807, 2.05) is 0 Å². The number of nitrogens with two attached hydrogens (primary N) is 1. The quantitative estimate of drug-likeness (QED) is 0.718. The summed E-state index contributed by atoms with van der Waals surface area (Å²) >= 11 is 0. The third kappa shape index (κ3) is 6.72. The molecular formula is C15H32N2O. The van der Waals surface area contributed by atoms with Crippen LogP contribution in [-0.2, 0) is 4.74 Å². The standard InChI is InChI=1S/C15H32N2O/c1-14(2,3)11-13(16)5-8-17-12-15(4)6-9-18-10-7-15/h13,17H,5-12,16H2,1-4H3. The summed E-state index contributed by atoms with van der Waals surface area (Å²) in [5.41, 5.74) is 6.91. The van der Waals surface area contributed by atoms with E-state index in [1.54, 1.807) is 0 Å². The Balaban J connectivity index is 2.10. The van der Waals surface area contributed by atoms with Gasteiger partial charge in [-0.2, -0.15) is 0 Å². The topological polar surface area (TPSA) is 47.3 Å². The van der Waals surface area contributed by atoms with Crippen molar-refractivity contribution in [2.75, 3.05) is 26.3 Å². The molecule has 1 fully saturated rings. The molecule has 1 saturated heterocycles. The first-order valence-corrected chi connectivity index (χ1v) is 7.35. The summed E-state index contributed by atoms with van der Waals surface area (Å²) in [4.78, 5) is 0. The van der Waals surface area contributed by atoms with Crippen molar-refractivity contribution in [2.24, 2.45) is 16.6 Å². The van der Waals surface area contributed by atoms with E-state index < -0.39 is 0 Å². The Hall–Kier alpha value is -0.120. The first kappa shape index (κ1) is 15.9. The van der Waals surface area contributed by atoms with Gasteiger partial charge in [-0.25, -0.2) is 0 Å². The van der Waals surface area contributed by atoms with Crippen LogP contribution < -0.4 is 11.1 Å². The molecule has 0 aliphatic carbocycles. The minimum Gasteiger partial charge on any atom is -0.381 e. The van der Waals surface area contributed by atoms with Gasteiger partial charge in [0.1, 0.15) is 0 Å². The molecule has 1 aliphatic rings. The Labute approximate surface area is 113 Å². The third-order valence-electron chi connectivity index (χ3n) is 3.82. The second kappa shape index (κ2) is 6.88. The molecule has 0 amide bonds. The van der Waals surface area contributed by atoms with E-state index >= 15 is 0 Å². The molecular weight excluding hydrogens is 224 g/mol. The van der Waals surface area contributed by atoms with Crippen LogP contribution in [0.5, 0.6) is 0 Å². The number of hydrogen-bond donors (Lipinski definition) is 2. The van der Waals surface area contributed by atoms with Crippen molar-refractivity contribution >= 4 is 0 Å². The molecule has 1 atom stereocenters. The predicted octanol–water partition coefficient (Wildman–Crippen LogP) is 2.55. The first-order chi connectivity index (χ1) is 8.31. The lowest BCUT2D eigenvalue weighted by atomic mass is 9.82. The summed E-state index contributed by atoms with van der Waals surface area (Å²) in [6.07, 6.45) is 4.52. The normalized spacial score (nSPS) is 21.8. The Morgan fingerprint density at radius 2 is 1.89 bits per heavy atom. The maximum absolute atomic E-state index is 6.15. The van der Waals surface area contributed by atoms with E-state index in [2.05, 4.69) is 33.0 Å². The molecule has 0 aromatic heterocycles. The van der Waals surface area contributed by atoms with E-state index in [9.17, 15) is 0 Å². The molecule has 3 N–H and O–H groups in total. The van der Waals surface area contributed by atoms with Gasteiger partial charge < -0.3 is 15.8 Å². The van der Waals surface area contributed by atoms with Gasteiger partial charge in [-0.15, -0.1) is 0 Å². The van der Waals surface area contributed by atoms with Crippen LogP contribution in [0.3, 0.4) is 0 Å². The fourth-order valence-corrected chi connectivity index (χ4v) is 2.61. The van der Waals surface area contributed by atoms with E-state index in [4.69, 9.17) is 10.5 Å². The van der Waals surface area contributed by atoms with Gasteiger partial charge in [0, 0.05) is 25.8 Å². The van der Waals surface area contributed by atoms with Crippen LogP contribution in [-0.4, -0.2) is 32.3 Å². The third-order valence-corrected chi connectivity index (χ3v) is 3.82. The van der Waals surface area contributed by atoms with Crippen LogP contribution in [0.25, 0.3) is 0 Å². The molecule has 1 heterocycles. The molecule has 3 nitrogen and oxygen atoms in total. The Bertz CT molecular complexity index is 229. The van der Waals surface area contributed by atoms with Crippen LogP contribution in [0.4, 0.5) is 0 Å². The molecule has 18 heavy (non-hydrogen) atoms. The molecule has 0 radical (unpaired) electrons. The van der Waals surface area contributed by atoms with Gasteiger partial charge in [-0.05, 0) is 43.1 Å². The van der Waals surface area contributed by atoms with Crippen LogP contribution in [0.1, 0.15) is 53.4 Å². The second-order valence-electron chi connectivity index (χ2n) is 7.41. The molecule has 0 aromatic carbocycles. The van der Waals surface area contributed by atoms with Gasteiger partial charge in [-0.1, -0.05) is 27.7 Å². The van der Waals surface area contributed by atoms with E-state index in [0.29, 0.717) is 16.9 Å². The van der Waals surface area contributed by atoms with Crippen molar-refractivity contribution in [2.45, 2.75) is 59.4 Å². The highest BCUT2D eigenvalue weighted by molar-refractivity contribution is 4.80. The highest BCUT2D eigenvalue weighted by Crippen LogP contribution is 2.28. The second-order valence-corrected chi connectivity index (χ2v) is 7.41. The highest BCUT2D eigenvalue weighted by Gasteiger charge is 2.26.